The van der Waals surface area contributed by atoms with E-state index in [9.17, 15) is 9.18 Å². The van der Waals surface area contributed by atoms with Crippen molar-refractivity contribution in [3.8, 4) is 0 Å². The minimum Gasteiger partial charge on any atom is -0.354 e. The first-order valence-corrected chi connectivity index (χ1v) is 9.67. The van der Waals surface area contributed by atoms with Crippen LogP contribution in [0.5, 0.6) is 0 Å². The summed E-state index contributed by atoms with van der Waals surface area (Å²) in [6.07, 6.45) is 2.03. The summed E-state index contributed by atoms with van der Waals surface area (Å²) in [5.41, 5.74) is 3.79. The summed E-state index contributed by atoms with van der Waals surface area (Å²) >= 11 is 0. The summed E-state index contributed by atoms with van der Waals surface area (Å²) < 4.78 is 13.7. The maximum absolute atomic E-state index is 13.7. The third-order valence-corrected chi connectivity index (χ3v) is 4.69. The molecule has 0 radical (unpaired) electrons. The molecule has 3 aromatic rings. The Kier molecular flexibility index (Phi) is 6.54. The molecule has 2 aromatic carbocycles. The summed E-state index contributed by atoms with van der Waals surface area (Å²) in [5, 5.41) is 6.04. The molecular weight excluding hydrogens is 367 g/mol. The molecule has 0 atom stereocenters. The van der Waals surface area contributed by atoms with Crippen LogP contribution in [0.25, 0.3) is 0 Å². The van der Waals surface area contributed by atoms with Crippen molar-refractivity contribution >= 4 is 17.5 Å². The first kappa shape index (κ1) is 20.5. The van der Waals surface area contributed by atoms with Crippen LogP contribution >= 0.6 is 0 Å². The normalized spacial score (nSPS) is 10.8. The van der Waals surface area contributed by atoms with Crippen LogP contribution in [0.15, 0.2) is 54.7 Å². The number of carbonyl (C=O) groups is 1. The van der Waals surface area contributed by atoms with E-state index in [1.807, 2.05) is 25.1 Å². The summed E-state index contributed by atoms with van der Waals surface area (Å²) in [4.78, 5) is 21.2. The summed E-state index contributed by atoms with van der Waals surface area (Å²) in [7, 11) is 0. The number of benzene rings is 2. The lowest BCUT2D eigenvalue weighted by Crippen LogP contribution is -2.18. The molecule has 1 amide bonds. The van der Waals surface area contributed by atoms with Gasteiger partial charge in [-0.05, 0) is 48.1 Å². The molecule has 2 N–H and O–H groups in total. The van der Waals surface area contributed by atoms with Crippen LogP contribution in [-0.2, 0) is 6.42 Å². The van der Waals surface area contributed by atoms with Crippen LogP contribution < -0.4 is 10.6 Å². The Balaban J connectivity index is 1.68. The van der Waals surface area contributed by atoms with Gasteiger partial charge in [0, 0.05) is 18.4 Å². The third-order valence-electron chi connectivity index (χ3n) is 4.69. The van der Waals surface area contributed by atoms with E-state index < -0.39 is 0 Å². The molecule has 0 unspecified atom stereocenters. The van der Waals surface area contributed by atoms with Crippen molar-refractivity contribution in [2.45, 2.75) is 33.1 Å². The minimum absolute atomic E-state index is 0.234. The molecule has 0 aliphatic rings. The molecule has 1 aromatic heterocycles. The van der Waals surface area contributed by atoms with Gasteiger partial charge in [0.1, 0.15) is 11.5 Å². The molecule has 0 saturated heterocycles. The van der Waals surface area contributed by atoms with Crippen molar-refractivity contribution in [3.63, 3.8) is 0 Å². The number of rotatable bonds is 7. The molecule has 0 aliphatic heterocycles. The fourth-order valence-electron chi connectivity index (χ4n) is 3.10. The fourth-order valence-corrected chi connectivity index (χ4v) is 3.10. The monoisotopic (exact) mass is 392 g/mol. The van der Waals surface area contributed by atoms with E-state index in [0.717, 1.165) is 16.8 Å². The fraction of sp³-hybridized carbons (Fsp3) is 0.261. The van der Waals surface area contributed by atoms with Crippen molar-refractivity contribution in [3.05, 3.63) is 82.9 Å². The Hall–Kier alpha value is -3.28. The molecule has 5 nitrogen and oxygen atoms in total. The predicted octanol–water partition coefficient (Wildman–Crippen LogP) is 4.95. The first-order valence-electron chi connectivity index (χ1n) is 9.67. The number of para-hydroxylation sites is 1. The lowest BCUT2D eigenvalue weighted by atomic mass is 9.98. The van der Waals surface area contributed by atoms with Crippen molar-refractivity contribution in [2.24, 2.45) is 0 Å². The number of carbonyl (C=O) groups excluding carboxylic acids is 1. The summed E-state index contributed by atoms with van der Waals surface area (Å²) in [6.45, 7) is 6.61. The smallest absolute Gasteiger partial charge is 0.274 e. The van der Waals surface area contributed by atoms with E-state index in [-0.39, 0.29) is 23.3 Å². The number of anilines is 2. The lowest BCUT2D eigenvalue weighted by Gasteiger charge is -2.16. The predicted molar refractivity (Wildman–Crippen MR) is 114 cm³/mol. The van der Waals surface area contributed by atoms with Gasteiger partial charge in [-0.1, -0.05) is 50.2 Å². The molecule has 1 heterocycles. The van der Waals surface area contributed by atoms with Gasteiger partial charge >= 0.3 is 0 Å². The van der Waals surface area contributed by atoms with Crippen molar-refractivity contribution in [1.29, 1.82) is 0 Å². The molecule has 0 aliphatic carbocycles. The lowest BCUT2D eigenvalue weighted by molar-refractivity contribution is 0.102. The van der Waals surface area contributed by atoms with Crippen LogP contribution in [0.4, 0.5) is 16.0 Å². The third kappa shape index (κ3) is 5.16. The summed E-state index contributed by atoms with van der Waals surface area (Å²) in [6, 6.07) is 14.2. The number of halogens is 1. The van der Waals surface area contributed by atoms with Crippen LogP contribution in [0, 0.1) is 12.7 Å². The van der Waals surface area contributed by atoms with Gasteiger partial charge in [-0.2, -0.15) is 0 Å². The van der Waals surface area contributed by atoms with E-state index in [0.29, 0.717) is 24.5 Å². The van der Waals surface area contributed by atoms with Gasteiger partial charge in [0.05, 0.1) is 0 Å². The number of amides is 1. The zero-order valence-electron chi connectivity index (χ0n) is 16.9. The second-order valence-corrected chi connectivity index (χ2v) is 7.18. The van der Waals surface area contributed by atoms with Gasteiger partial charge in [0.15, 0.2) is 0 Å². The topological polar surface area (TPSA) is 66.9 Å². The molecule has 0 saturated carbocycles. The number of aromatic nitrogens is 2. The average molecular weight is 392 g/mol. The van der Waals surface area contributed by atoms with E-state index in [2.05, 4.69) is 34.4 Å². The Morgan fingerprint density at radius 3 is 2.66 bits per heavy atom. The number of nitrogens with one attached hydrogen (secondary N) is 2. The number of aryl methyl sites for hydroxylation is 1. The number of hydrogen-bond donors (Lipinski definition) is 2. The van der Waals surface area contributed by atoms with Gasteiger partial charge in [-0.25, -0.2) is 14.4 Å². The number of nitrogens with zero attached hydrogens (tertiary/aromatic N) is 2. The summed E-state index contributed by atoms with van der Waals surface area (Å²) in [5.74, 6) is 0.0948. The van der Waals surface area contributed by atoms with Crippen molar-refractivity contribution < 1.29 is 9.18 Å². The highest BCUT2D eigenvalue weighted by Gasteiger charge is 2.15. The molecule has 0 bridgehead atoms. The van der Waals surface area contributed by atoms with Crippen LogP contribution in [-0.4, -0.2) is 22.4 Å². The molecule has 150 valence electrons. The van der Waals surface area contributed by atoms with E-state index >= 15 is 0 Å². The molecular formula is C23H25FN4O. The van der Waals surface area contributed by atoms with Gasteiger partial charge < -0.3 is 10.6 Å². The van der Waals surface area contributed by atoms with Gasteiger partial charge in [0.25, 0.3) is 5.91 Å². The van der Waals surface area contributed by atoms with Crippen molar-refractivity contribution in [2.75, 3.05) is 17.2 Å². The maximum atomic E-state index is 13.7. The molecule has 0 spiro atoms. The number of hydrogen-bond acceptors (Lipinski definition) is 4. The molecule has 0 fully saturated rings. The largest absolute Gasteiger partial charge is 0.354 e. The second kappa shape index (κ2) is 9.28. The van der Waals surface area contributed by atoms with Crippen LogP contribution in [0.2, 0.25) is 0 Å². The van der Waals surface area contributed by atoms with Gasteiger partial charge in [-0.3, -0.25) is 4.79 Å². The highest BCUT2D eigenvalue weighted by Crippen LogP contribution is 2.27. The maximum Gasteiger partial charge on any atom is 0.274 e. The van der Waals surface area contributed by atoms with E-state index in [4.69, 9.17) is 0 Å². The van der Waals surface area contributed by atoms with Gasteiger partial charge in [0.2, 0.25) is 5.95 Å². The Bertz CT molecular complexity index is 1000. The highest BCUT2D eigenvalue weighted by atomic mass is 19.1. The van der Waals surface area contributed by atoms with E-state index in [1.165, 1.54) is 12.3 Å². The first-order chi connectivity index (χ1) is 14.0. The Morgan fingerprint density at radius 2 is 1.90 bits per heavy atom. The highest BCUT2D eigenvalue weighted by molar-refractivity contribution is 6.03. The van der Waals surface area contributed by atoms with Crippen LogP contribution in [0.3, 0.4) is 0 Å². The molecule has 6 heteroatoms. The molecule has 29 heavy (non-hydrogen) atoms. The average Bonchev–Trinajstić information content (AvgIpc) is 2.71. The van der Waals surface area contributed by atoms with Crippen LogP contribution in [0.1, 0.15) is 46.9 Å². The zero-order chi connectivity index (χ0) is 20.8. The SMILES string of the molecule is Cc1cccc(C(C)C)c1NC(=O)c1ccnc(NCCc2ccccc2F)n1. The second-order valence-electron chi connectivity index (χ2n) is 7.18. The van der Waals surface area contributed by atoms with Crippen molar-refractivity contribution in [1.82, 2.24) is 9.97 Å². The quantitative estimate of drug-likeness (QED) is 0.597. The van der Waals surface area contributed by atoms with Gasteiger partial charge in [-0.15, -0.1) is 0 Å². The zero-order valence-corrected chi connectivity index (χ0v) is 16.9. The standard InChI is InChI=1S/C23H25FN4O/c1-15(2)18-9-6-7-16(3)21(18)28-22(29)20-12-14-26-23(27-20)25-13-11-17-8-4-5-10-19(17)24/h4-10,12,14-15H,11,13H2,1-3H3,(H,28,29)(H,25,26,27). The molecule has 3 rings (SSSR count). The Labute approximate surface area is 170 Å². The van der Waals surface area contributed by atoms with E-state index in [1.54, 1.807) is 24.3 Å². The minimum atomic E-state index is -0.291. The Morgan fingerprint density at radius 1 is 1.10 bits per heavy atom.